The summed E-state index contributed by atoms with van der Waals surface area (Å²) >= 11 is 0. The van der Waals surface area contributed by atoms with Crippen LogP contribution in [0.1, 0.15) is 5.82 Å². The molecule has 0 unspecified atom stereocenters. The summed E-state index contributed by atoms with van der Waals surface area (Å²) in [5, 5.41) is 4.32. The van der Waals surface area contributed by atoms with Gasteiger partial charge in [-0.05, 0) is 26.2 Å². The Balaban J connectivity index is 2.38. The second-order valence-electron chi connectivity index (χ2n) is 3.27. The molecule has 2 heterocycles. The van der Waals surface area contributed by atoms with Crippen LogP contribution in [0.2, 0.25) is 0 Å². The van der Waals surface area contributed by atoms with Crippen molar-refractivity contribution in [1.29, 1.82) is 0 Å². The van der Waals surface area contributed by atoms with Crippen LogP contribution in [0.4, 0.5) is 0 Å². The van der Waals surface area contributed by atoms with Gasteiger partial charge in [0.05, 0.1) is 6.54 Å². The molecule has 0 bridgehead atoms. The third-order valence-electron chi connectivity index (χ3n) is 1.74. The standard InChI is InChI=1S/C9H12N4/c1-12(2)7-8-10-9-5-3-4-6-13(9)11-8/h3-6H,7H2,1-2H3. The number of fused-ring (bicyclic) bond motifs is 1. The first-order valence-corrected chi connectivity index (χ1v) is 4.21. The highest BCUT2D eigenvalue weighted by atomic mass is 15.3. The molecule has 4 heteroatoms. The van der Waals surface area contributed by atoms with E-state index in [1.807, 2.05) is 38.5 Å². The van der Waals surface area contributed by atoms with E-state index in [1.54, 1.807) is 4.52 Å². The van der Waals surface area contributed by atoms with Gasteiger partial charge >= 0.3 is 0 Å². The van der Waals surface area contributed by atoms with E-state index >= 15 is 0 Å². The molecule has 0 amide bonds. The van der Waals surface area contributed by atoms with Crippen molar-refractivity contribution in [2.45, 2.75) is 6.54 Å². The number of rotatable bonds is 2. The average Bonchev–Trinajstić information content (AvgIpc) is 2.44. The van der Waals surface area contributed by atoms with Crippen molar-refractivity contribution in [3.63, 3.8) is 0 Å². The Morgan fingerprint density at radius 1 is 1.38 bits per heavy atom. The lowest BCUT2D eigenvalue weighted by Crippen LogP contribution is -2.11. The molecule has 0 atom stereocenters. The molecular weight excluding hydrogens is 164 g/mol. The van der Waals surface area contributed by atoms with Gasteiger partial charge < -0.3 is 4.90 Å². The Kier molecular flexibility index (Phi) is 1.98. The molecule has 0 aliphatic carbocycles. The predicted octanol–water partition coefficient (Wildman–Crippen LogP) is 0.791. The molecular formula is C9H12N4. The lowest BCUT2D eigenvalue weighted by Gasteiger charge is -2.03. The summed E-state index contributed by atoms with van der Waals surface area (Å²) in [7, 11) is 4.01. The van der Waals surface area contributed by atoms with Gasteiger partial charge in [-0.3, -0.25) is 0 Å². The fraction of sp³-hybridized carbons (Fsp3) is 0.333. The van der Waals surface area contributed by atoms with Gasteiger partial charge in [0.1, 0.15) is 0 Å². The minimum absolute atomic E-state index is 0.779. The third kappa shape index (κ3) is 1.67. The van der Waals surface area contributed by atoms with Crippen molar-refractivity contribution < 1.29 is 0 Å². The van der Waals surface area contributed by atoms with Gasteiger partial charge in [0, 0.05) is 6.20 Å². The highest BCUT2D eigenvalue weighted by Crippen LogP contribution is 2.01. The SMILES string of the molecule is CN(C)Cc1nc2ccccn2n1. The first kappa shape index (κ1) is 8.19. The largest absolute Gasteiger partial charge is 0.302 e. The van der Waals surface area contributed by atoms with Crippen molar-refractivity contribution >= 4 is 5.65 Å². The van der Waals surface area contributed by atoms with Crippen LogP contribution in [0, 0.1) is 0 Å². The zero-order valence-electron chi connectivity index (χ0n) is 7.81. The van der Waals surface area contributed by atoms with E-state index in [9.17, 15) is 0 Å². The maximum atomic E-state index is 4.36. The summed E-state index contributed by atoms with van der Waals surface area (Å²) in [4.78, 5) is 6.41. The highest BCUT2D eigenvalue weighted by Gasteiger charge is 2.02. The van der Waals surface area contributed by atoms with Crippen molar-refractivity contribution in [2.24, 2.45) is 0 Å². The molecule has 0 radical (unpaired) electrons. The summed E-state index contributed by atoms with van der Waals surface area (Å²) in [5.74, 6) is 0.858. The van der Waals surface area contributed by atoms with E-state index < -0.39 is 0 Å². The van der Waals surface area contributed by atoms with Gasteiger partial charge in [-0.2, -0.15) is 0 Å². The summed E-state index contributed by atoms with van der Waals surface area (Å²) in [6.45, 7) is 0.779. The normalized spacial score (nSPS) is 11.3. The van der Waals surface area contributed by atoms with Crippen LogP contribution < -0.4 is 0 Å². The van der Waals surface area contributed by atoms with Crippen LogP contribution in [0.3, 0.4) is 0 Å². The maximum absolute atomic E-state index is 4.36. The lowest BCUT2D eigenvalue weighted by molar-refractivity contribution is 0.390. The molecule has 0 aliphatic heterocycles. The molecule has 2 aromatic heterocycles. The van der Waals surface area contributed by atoms with Gasteiger partial charge in [-0.15, -0.1) is 5.10 Å². The van der Waals surface area contributed by atoms with Crippen LogP contribution in [-0.2, 0) is 6.54 Å². The van der Waals surface area contributed by atoms with Crippen LogP contribution in [0.15, 0.2) is 24.4 Å². The van der Waals surface area contributed by atoms with Gasteiger partial charge in [-0.1, -0.05) is 6.07 Å². The number of aromatic nitrogens is 3. The molecule has 4 nitrogen and oxygen atoms in total. The van der Waals surface area contributed by atoms with E-state index in [-0.39, 0.29) is 0 Å². The summed E-state index contributed by atoms with van der Waals surface area (Å²) in [5.41, 5.74) is 0.902. The first-order valence-electron chi connectivity index (χ1n) is 4.21. The molecule has 68 valence electrons. The molecule has 0 aromatic carbocycles. The minimum Gasteiger partial charge on any atom is -0.302 e. The zero-order valence-corrected chi connectivity index (χ0v) is 7.81. The third-order valence-corrected chi connectivity index (χ3v) is 1.74. The number of nitrogens with zero attached hydrogens (tertiary/aromatic N) is 4. The molecule has 2 rings (SSSR count). The van der Waals surface area contributed by atoms with Gasteiger partial charge in [0.2, 0.25) is 0 Å². The maximum Gasteiger partial charge on any atom is 0.165 e. The molecule has 0 aliphatic rings. The fourth-order valence-corrected chi connectivity index (χ4v) is 1.23. The fourth-order valence-electron chi connectivity index (χ4n) is 1.23. The van der Waals surface area contributed by atoms with Gasteiger partial charge in [0.15, 0.2) is 11.5 Å². The number of hydrogen-bond acceptors (Lipinski definition) is 3. The van der Waals surface area contributed by atoms with Crippen LogP contribution in [0.25, 0.3) is 5.65 Å². The van der Waals surface area contributed by atoms with E-state index in [0.29, 0.717) is 0 Å². The monoisotopic (exact) mass is 176 g/mol. The van der Waals surface area contributed by atoms with Crippen molar-refractivity contribution in [1.82, 2.24) is 19.5 Å². The van der Waals surface area contributed by atoms with Crippen molar-refractivity contribution in [2.75, 3.05) is 14.1 Å². The topological polar surface area (TPSA) is 33.4 Å². The smallest absolute Gasteiger partial charge is 0.165 e. The molecule has 0 fully saturated rings. The number of pyridine rings is 1. The van der Waals surface area contributed by atoms with Gasteiger partial charge in [-0.25, -0.2) is 9.50 Å². The Labute approximate surface area is 76.8 Å². The van der Waals surface area contributed by atoms with Crippen LogP contribution >= 0.6 is 0 Å². The molecule has 0 saturated heterocycles. The summed E-state index contributed by atoms with van der Waals surface area (Å²) in [6, 6.07) is 5.86. The van der Waals surface area contributed by atoms with E-state index in [1.165, 1.54) is 0 Å². The Morgan fingerprint density at radius 2 is 2.23 bits per heavy atom. The molecule has 0 N–H and O–H groups in total. The second-order valence-corrected chi connectivity index (χ2v) is 3.27. The first-order chi connectivity index (χ1) is 6.25. The summed E-state index contributed by atoms with van der Waals surface area (Å²) < 4.78 is 1.79. The zero-order chi connectivity index (χ0) is 9.26. The Bertz CT molecular complexity index is 372. The average molecular weight is 176 g/mol. The van der Waals surface area contributed by atoms with E-state index in [0.717, 1.165) is 18.0 Å². The van der Waals surface area contributed by atoms with Crippen molar-refractivity contribution in [3.05, 3.63) is 30.2 Å². The molecule has 0 saturated carbocycles. The second kappa shape index (κ2) is 3.14. The lowest BCUT2D eigenvalue weighted by atomic mass is 10.5. The number of hydrogen-bond donors (Lipinski definition) is 0. The van der Waals surface area contributed by atoms with E-state index in [4.69, 9.17) is 0 Å². The van der Waals surface area contributed by atoms with Gasteiger partial charge in [0.25, 0.3) is 0 Å². The highest BCUT2D eigenvalue weighted by molar-refractivity contribution is 5.36. The molecule has 13 heavy (non-hydrogen) atoms. The quantitative estimate of drug-likeness (QED) is 0.678. The van der Waals surface area contributed by atoms with Crippen molar-refractivity contribution in [3.8, 4) is 0 Å². The molecule has 2 aromatic rings. The Hall–Kier alpha value is -1.42. The molecule has 0 spiro atoms. The van der Waals surface area contributed by atoms with E-state index in [2.05, 4.69) is 15.0 Å². The van der Waals surface area contributed by atoms with Crippen LogP contribution in [0.5, 0.6) is 0 Å². The minimum atomic E-state index is 0.779. The predicted molar refractivity (Wildman–Crippen MR) is 50.4 cm³/mol. The van der Waals surface area contributed by atoms with Crippen LogP contribution in [-0.4, -0.2) is 33.6 Å². The summed E-state index contributed by atoms with van der Waals surface area (Å²) in [6.07, 6.45) is 1.90. The Morgan fingerprint density at radius 3 is 2.92 bits per heavy atom.